The molecule has 3 amide bonds. The lowest BCUT2D eigenvalue weighted by Gasteiger charge is -2.37. The third-order valence-electron chi connectivity index (χ3n) is 5.12. The summed E-state index contributed by atoms with van der Waals surface area (Å²) in [6.07, 6.45) is 3.40. The smallest absolute Gasteiger partial charge is 0.314 e. The van der Waals surface area contributed by atoms with E-state index in [4.69, 9.17) is 5.73 Å². The first kappa shape index (κ1) is 16.7. The van der Waals surface area contributed by atoms with E-state index in [1.54, 1.807) is 4.90 Å². The van der Waals surface area contributed by atoms with Gasteiger partial charge in [0.05, 0.1) is 6.04 Å². The monoisotopic (exact) mass is 334 g/mol. The van der Waals surface area contributed by atoms with Gasteiger partial charge in [-0.2, -0.15) is 5.10 Å². The summed E-state index contributed by atoms with van der Waals surface area (Å²) in [4.78, 5) is 32.0. The topological polar surface area (TPSA) is 97.4 Å². The Balaban J connectivity index is 1.61. The number of nitrogens with zero attached hydrogens (tertiary/aromatic N) is 5. The Hall–Kier alpha value is -2.12. The molecule has 3 heterocycles. The van der Waals surface area contributed by atoms with Crippen LogP contribution in [0.1, 0.15) is 43.4 Å². The van der Waals surface area contributed by atoms with Crippen molar-refractivity contribution in [1.29, 1.82) is 0 Å². The van der Waals surface area contributed by atoms with Crippen molar-refractivity contribution in [2.45, 2.75) is 45.6 Å². The molecule has 24 heavy (non-hydrogen) atoms. The SMILES string of the molecule is Cc1nc(C)n([C@H]2CCCN(C(=O)C3CCN(C(N)=O)CC3)C2)n1. The van der Waals surface area contributed by atoms with Crippen LogP contribution in [0.25, 0.3) is 0 Å². The van der Waals surface area contributed by atoms with Crippen LogP contribution in [0.3, 0.4) is 0 Å². The normalized spacial score (nSPS) is 22.7. The number of aromatic nitrogens is 3. The summed E-state index contributed by atoms with van der Waals surface area (Å²) >= 11 is 0. The Morgan fingerprint density at radius 3 is 2.38 bits per heavy atom. The molecule has 1 aromatic rings. The van der Waals surface area contributed by atoms with Gasteiger partial charge in [-0.15, -0.1) is 0 Å². The molecule has 0 spiro atoms. The molecule has 2 saturated heterocycles. The van der Waals surface area contributed by atoms with E-state index in [-0.39, 0.29) is 17.9 Å². The number of piperidine rings is 2. The number of urea groups is 1. The summed E-state index contributed by atoms with van der Waals surface area (Å²) < 4.78 is 1.96. The highest BCUT2D eigenvalue weighted by Gasteiger charge is 2.33. The van der Waals surface area contributed by atoms with Crippen LogP contribution in [0.2, 0.25) is 0 Å². The van der Waals surface area contributed by atoms with E-state index >= 15 is 0 Å². The molecule has 8 nitrogen and oxygen atoms in total. The number of amides is 3. The zero-order chi connectivity index (χ0) is 17.3. The Kier molecular flexibility index (Phi) is 4.73. The van der Waals surface area contributed by atoms with E-state index in [2.05, 4.69) is 10.1 Å². The van der Waals surface area contributed by atoms with Gasteiger partial charge < -0.3 is 15.5 Å². The second kappa shape index (κ2) is 6.78. The van der Waals surface area contributed by atoms with Gasteiger partial charge in [0.15, 0.2) is 0 Å². The summed E-state index contributed by atoms with van der Waals surface area (Å²) in [5.41, 5.74) is 5.31. The van der Waals surface area contributed by atoms with E-state index in [9.17, 15) is 9.59 Å². The molecule has 1 aromatic heterocycles. The Morgan fingerprint density at radius 2 is 1.79 bits per heavy atom. The number of hydrogen-bond acceptors (Lipinski definition) is 4. The molecule has 0 aliphatic carbocycles. The van der Waals surface area contributed by atoms with Crippen molar-refractivity contribution in [3.63, 3.8) is 0 Å². The average molecular weight is 334 g/mol. The van der Waals surface area contributed by atoms with Gasteiger partial charge in [0, 0.05) is 32.1 Å². The molecular formula is C16H26N6O2. The summed E-state index contributed by atoms with van der Waals surface area (Å²) in [5.74, 6) is 1.88. The molecule has 0 aromatic carbocycles. The number of likely N-dealkylation sites (tertiary alicyclic amines) is 2. The van der Waals surface area contributed by atoms with Gasteiger partial charge in [0.1, 0.15) is 11.6 Å². The van der Waals surface area contributed by atoms with Crippen LogP contribution in [-0.2, 0) is 4.79 Å². The number of carbonyl (C=O) groups is 2. The molecule has 2 fully saturated rings. The van der Waals surface area contributed by atoms with Gasteiger partial charge in [-0.05, 0) is 39.5 Å². The van der Waals surface area contributed by atoms with Gasteiger partial charge in [-0.3, -0.25) is 4.79 Å². The molecule has 3 rings (SSSR count). The molecule has 0 radical (unpaired) electrons. The zero-order valence-electron chi connectivity index (χ0n) is 14.4. The molecule has 2 aliphatic rings. The fourth-order valence-electron chi connectivity index (χ4n) is 3.84. The molecule has 0 bridgehead atoms. The summed E-state index contributed by atoms with van der Waals surface area (Å²) in [6, 6.07) is -0.189. The maximum Gasteiger partial charge on any atom is 0.314 e. The molecule has 8 heteroatoms. The molecular weight excluding hydrogens is 308 g/mol. The lowest BCUT2D eigenvalue weighted by Crippen LogP contribution is -2.48. The van der Waals surface area contributed by atoms with Crippen LogP contribution < -0.4 is 5.73 Å². The van der Waals surface area contributed by atoms with Crippen LogP contribution in [-0.4, -0.2) is 62.7 Å². The number of hydrogen-bond donors (Lipinski definition) is 1. The maximum absolute atomic E-state index is 12.8. The van der Waals surface area contributed by atoms with E-state index in [0.29, 0.717) is 32.5 Å². The Labute approximate surface area is 142 Å². The maximum atomic E-state index is 12.8. The fourth-order valence-corrected chi connectivity index (χ4v) is 3.84. The standard InChI is InChI=1S/C16H26N6O2/c1-11-18-12(2)22(19-11)14-4-3-7-21(10-14)15(23)13-5-8-20(9-6-13)16(17)24/h13-14H,3-10H2,1-2H3,(H2,17,24)/t14-/m0/s1. The molecule has 0 saturated carbocycles. The highest BCUT2D eigenvalue weighted by molar-refractivity contribution is 5.79. The van der Waals surface area contributed by atoms with E-state index in [1.807, 2.05) is 23.4 Å². The van der Waals surface area contributed by atoms with Crippen molar-refractivity contribution in [2.24, 2.45) is 11.7 Å². The van der Waals surface area contributed by atoms with Crippen LogP contribution in [0, 0.1) is 19.8 Å². The van der Waals surface area contributed by atoms with Crippen LogP contribution in [0.4, 0.5) is 4.79 Å². The first-order valence-corrected chi connectivity index (χ1v) is 8.68. The van der Waals surface area contributed by atoms with Crippen molar-refractivity contribution in [3.8, 4) is 0 Å². The number of aryl methyl sites for hydroxylation is 2. The second-order valence-electron chi connectivity index (χ2n) is 6.83. The third-order valence-corrected chi connectivity index (χ3v) is 5.12. The van der Waals surface area contributed by atoms with E-state index in [0.717, 1.165) is 31.0 Å². The number of primary amides is 1. The summed E-state index contributed by atoms with van der Waals surface area (Å²) in [6.45, 7) is 6.49. The average Bonchev–Trinajstić information content (AvgIpc) is 2.93. The number of rotatable bonds is 2. The van der Waals surface area contributed by atoms with Crippen molar-refractivity contribution >= 4 is 11.9 Å². The molecule has 2 aliphatic heterocycles. The fraction of sp³-hybridized carbons (Fsp3) is 0.750. The van der Waals surface area contributed by atoms with E-state index in [1.165, 1.54) is 0 Å². The van der Waals surface area contributed by atoms with Crippen molar-refractivity contribution in [2.75, 3.05) is 26.2 Å². The van der Waals surface area contributed by atoms with Gasteiger partial charge >= 0.3 is 6.03 Å². The van der Waals surface area contributed by atoms with Gasteiger partial charge in [0.25, 0.3) is 0 Å². The van der Waals surface area contributed by atoms with Crippen molar-refractivity contribution in [1.82, 2.24) is 24.6 Å². The third kappa shape index (κ3) is 3.37. The minimum atomic E-state index is -0.393. The first-order valence-electron chi connectivity index (χ1n) is 8.68. The largest absolute Gasteiger partial charge is 0.351 e. The van der Waals surface area contributed by atoms with Crippen LogP contribution >= 0.6 is 0 Å². The number of nitrogens with two attached hydrogens (primary N) is 1. The quantitative estimate of drug-likeness (QED) is 0.867. The Morgan fingerprint density at radius 1 is 1.08 bits per heavy atom. The lowest BCUT2D eigenvalue weighted by atomic mass is 9.94. The predicted octanol–water partition coefficient (Wildman–Crippen LogP) is 0.849. The van der Waals surface area contributed by atoms with Crippen LogP contribution in [0.5, 0.6) is 0 Å². The molecule has 132 valence electrons. The van der Waals surface area contributed by atoms with Crippen molar-refractivity contribution < 1.29 is 9.59 Å². The highest BCUT2D eigenvalue weighted by Crippen LogP contribution is 2.26. The van der Waals surface area contributed by atoms with E-state index < -0.39 is 6.03 Å². The molecule has 2 N–H and O–H groups in total. The Bertz CT molecular complexity index is 620. The highest BCUT2D eigenvalue weighted by atomic mass is 16.2. The minimum Gasteiger partial charge on any atom is -0.351 e. The first-order chi connectivity index (χ1) is 11.5. The van der Waals surface area contributed by atoms with Gasteiger partial charge in [-0.1, -0.05) is 0 Å². The van der Waals surface area contributed by atoms with Crippen LogP contribution in [0.15, 0.2) is 0 Å². The second-order valence-corrected chi connectivity index (χ2v) is 6.83. The summed E-state index contributed by atoms with van der Waals surface area (Å²) in [5, 5.41) is 4.48. The predicted molar refractivity (Wildman–Crippen MR) is 88.2 cm³/mol. The molecule has 1 atom stereocenters. The zero-order valence-corrected chi connectivity index (χ0v) is 14.4. The van der Waals surface area contributed by atoms with Gasteiger partial charge in [0.2, 0.25) is 5.91 Å². The van der Waals surface area contributed by atoms with Gasteiger partial charge in [-0.25, -0.2) is 14.5 Å². The molecule has 0 unspecified atom stereocenters. The number of carbonyl (C=O) groups excluding carboxylic acids is 2. The summed E-state index contributed by atoms with van der Waals surface area (Å²) in [7, 11) is 0. The minimum absolute atomic E-state index is 0.00192. The van der Waals surface area contributed by atoms with Crippen molar-refractivity contribution in [3.05, 3.63) is 11.6 Å². The lowest BCUT2D eigenvalue weighted by molar-refractivity contribution is -0.138.